The normalized spacial score (nSPS) is 15.8. The van der Waals surface area contributed by atoms with E-state index in [1.807, 2.05) is 19.0 Å². The molecule has 0 radical (unpaired) electrons. The van der Waals surface area contributed by atoms with Crippen LogP contribution in [0.25, 0.3) is 0 Å². The first-order chi connectivity index (χ1) is 7.84. The molecule has 1 aliphatic carbocycles. The maximum Gasteiger partial charge on any atom is 0.235 e. The van der Waals surface area contributed by atoms with Crippen LogP contribution in [0.5, 0.6) is 0 Å². The van der Waals surface area contributed by atoms with Crippen LogP contribution in [0.2, 0.25) is 0 Å². The zero-order chi connectivity index (χ0) is 13.1. The van der Waals surface area contributed by atoms with Crippen LogP contribution >= 0.6 is 0 Å². The number of likely N-dealkylation sites (N-methyl/N-ethyl adjacent to an activating group) is 1. The Hall–Kier alpha value is -1.10. The van der Waals surface area contributed by atoms with E-state index in [1.165, 1.54) is 0 Å². The van der Waals surface area contributed by atoms with Crippen LogP contribution < -0.4 is 10.6 Å². The SMILES string of the molecule is CN(C)CCNC(=O)C(C)(C)C(=O)NC1CC1. The molecule has 0 heterocycles. The first-order valence-electron chi connectivity index (χ1n) is 6.08. The van der Waals surface area contributed by atoms with Crippen molar-refractivity contribution in [3.05, 3.63) is 0 Å². The fourth-order valence-corrected chi connectivity index (χ4v) is 1.31. The Balaban J connectivity index is 2.38. The molecule has 0 bridgehead atoms. The number of rotatable bonds is 6. The van der Waals surface area contributed by atoms with Crippen molar-refractivity contribution >= 4 is 11.8 Å². The van der Waals surface area contributed by atoms with Crippen molar-refractivity contribution in [2.75, 3.05) is 27.2 Å². The number of hydrogen-bond donors (Lipinski definition) is 2. The minimum atomic E-state index is -0.991. The van der Waals surface area contributed by atoms with Gasteiger partial charge >= 0.3 is 0 Å². The molecule has 98 valence electrons. The first kappa shape index (κ1) is 14.0. The molecule has 2 amide bonds. The molecule has 1 aliphatic rings. The molecule has 0 atom stereocenters. The molecule has 0 aromatic carbocycles. The second-order valence-corrected chi connectivity index (χ2v) is 5.43. The van der Waals surface area contributed by atoms with Gasteiger partial charge in [-0.25, -0.2) is 0 Å². The molecule has 0 spiro atoms. The lowest BCUT2D eigenvalue weighted by Gasteiger charge is -2.23. The van der Waals surface area contributed by atoms with E-state index in [1.54, 1.807) is 13.8 Å². The molecular formula is C12H23N3O2. The highest BCUT2D eigenvalue weighted by Gasteiger charge is 2.38. The molecule has 0 aromatic heterocycles. The number of nitrogens with one attached hydrogen (secondary N) is 2. The van der Waals surface area contributed by atoms with Crippen LogP contribution in [-0.4, -0.2) is 49.9 Å². The van der Waals surface area contributed by atoms with Crippen molar-refractivity contribution in [2.45, 2.75) is 32.7 Å². The molecule has 2 N–H and O–H groups in total. The monoisotopic (exact) mass is 241 g/mol. The predicted molar refractivity (Wildman–Crippen MR) is 66.5 cm³/mol. The maximum absolute atomic E-state index is 11.9. The third kappa shape index (κ3) is 4.34. The fraction of sp³-hybridized carbons (Fsp3) is 0.833. The van der Waals surface area contributed by atoms with E-state index in [2.05, 4.69) is 10.6 Å². The van der Waals surface area contributed by atoms with Gasteiger partial charge in [0.05, 0.1) is 0 Å². The van der Waals surface area contributed by atoms with E-state index in [4.69, 9.17) is 0 Å². The maximum atomic E-state index is 11.9. The molecule has 0 saturated heterocycles. The summed E-state index contributed by atoms with van der Waals surface area (Å²) < 4.78 is 0. The molecule has 1 rings (SSSR count). The van der Waals surface area contributed by atoms with Crippen LogP contribution in [0.1, 0.15) is 26.7 Å². The number of carbonyl (C=O) groups excluding carboxylic acids is 2. The summed E-state index contributed by atoms with van der Waals surface area (Å²) in [6.07, 6.45) is 2.06. The van der Waals surface area contributed by atoms with Crippen LogP contribution in [-0.2, 0) is 9.59 Å². The fourth-order valence-electron chi connectivity index (χ4n) is 1.31. The summed E-state index contributed by atoms with van der Waals surface area (Å²) >= 11 is 0. The van der Waals surface area contributed by atoms with E-state index in [0.29, 0.717) is 6.54 Å². The molecule has 1 fully saturated rings. The van der Waals surface area contributed by atoms with Gasteiger partial charge in [0.15, 0.2) is 0 Å². The van der Waals surface area contributed by atoms with E-state index in [-0.39, 0.29) is 17.9 Å². The Kier molecular flexibility index (Phi) is 4.51. The van der Waals surface area contributed by atoms with Gasteiger partial charge in [0.1, 0.15) is 5.41 Å². The summed E-state index contributed by atoms with van der Waals surface area (Å²) in [6.45, 7) is 4.66. The molecule has 5 heteroatoms. The summed E-state index contributed by atoms with van der Waals surface area (Å²) in [7, 11) is 3.88. The number of hydrogen-bond acceptors (Lipinski definition) is 3. The lowest BCUT2D eigenvalue weighted by molar-refractivity contribution is -0.141. The van der Waals surface area contributed by atoms with Gasteiger partial charge in [-0.05, 0) is 40.8 Å². The van der Waals surface area contributed by atoms with E-state index in [9.17, 15) is 9.59 Å². The highest BCUT2D eigenvalue weighted by Crippen LogP contribution is 2.22. The summed E-state index contributed by atoms with van der Waals surface area (Å²) in [4.78, 5) is 25.8. The largest absolute Gasteiger partial charge is 0.354 e. The van der Waals surface area contributed by atoms with Gasteiger partial charge in [0.25, 0.3) is 0 Å². The first-order valence-corrected chi connectivity index (χ1v) is 6.08. The number of carbonyl (C=O) groups is 2. The zero-order valence-corrected chi connectivity index (χ0v) is 11.2. The van der Waals surface area contributed by atoms with Crippen molar-refractivity contribution in [1.29, 1.82) is 0 Å². The van der Waals surface area contributed by atoms with Crippen LogP contribution in [0.4, 0.5) is 0 Å². The Morgan fingerprint density at radius 2 is 1.82 bits per heavy atom. The van der Waals surface area contributed by atoms with Crippen molar-refractivity contribution in [2.24, 2.45) is 5.41 Å². The number of amides is 2. The van der Waals surface area contributed by atoms with Gasteiger partial charge < -0.3 is 15.5 Å². The van der Waals surface area contributed by atoms with Crippen LogP contribution in [0.15, 0.2) is 0 Å². The van der Waals surface area contributed by atoms with Gasteiger partial charge in [-0.15, -0.1) is 0 Å². The van der Waals surface area contributed by atoms with Gasteiger partial charge in [-0.1, -0.05) is 0 Å². The summed E-state index contributed by atoms with van der Waals surface area (Å²) in [5, 5.41) is 5.65. The van der Waals surface area contributed by atoms with Gasteiger partial charge in [-0.2, -0.15) is 0 Å². The summed E-state index contributed by atoms with van der Waals surface area (Å²) in [5.74, 6) is -0.389. The minimum absolute atomic E-state index is 0.178. The molecular weight excluding hydrogens is 218 g/mol. The Morgan fingerprint density at radius 3 is 2.29 bits per heavy atom. The van der Waals surface area contributed by atoms with E-state index >= 15 is 0 Å². The molecule has 0 aliphatic heterocycles. The Bertz CT molecular complexity index is 296. The van der Waals surface area contributed by atoms with Crippen LogP contribution in [0.3, 0.4) is 0 Å². The lowest BCUT2D eigenvalue weighted by atomic mass is 9.91. The standard InChI is InChI=1S/C12H23N3O2/c1-12(2,11(17)14-9-5-6-9)10(16)13-7-8-15(3)4/h9H,5-8H2,1-4H3,(H,13,16)(H,14,17). The third-order valence-corrected chi connectivity index (χ3v) is 2.89. The number of nitrogens with zero attached hydrogens (tertiary/aromatic N) is 1. The zero-order valence-electron chi connectivity index (χ0n) is 11.2. The summed E-state index contributed by atoms with van der Waals surface area (Å²) in [6, 6.07) is 0.288. The van der Waals surface area contributed by atoms with Gasteiger partial charge in [0, 0.05) is 19.1 Å². The average Bonchev–Trinajstić information content (AvgIpc) is 3.00. The quantitative estimate of drug-likeness (QED) is 0.642. The average molecular weight is 241 g/mol. The van der Waals surface area contributed by atoms with Crippen molar-refractivity contribution in [3.8, 4) is 0 Å². The Morgan fingerprint density at radius 1 is 1.24 bits per heavy atom. The van der Waals surface area contributed by atoms with Gasteiger partial charge in [0.2, 0.25) is 11.8 Å². The molecule has 0 aromatic rings. The molecule has 0 unspecified atom stereocenters. The van der Waals surface area contributed by atoms with Crippen LogP contribution in [0, 0.1) is 5.41 Å². The lowest BCUT2D eigenvalue weighted by Crippen LogP contribution is -2.49. The predicted octanol–water partition coefficient (Wildman–Crippen LogP) is -0.0310. The van der Waals surface area contributed by atoms with E-state index in [0.717, 1.165) is 19.4 Å². The minimum Gasteiger partial charge on any atom is -0.354 e. The Labute approximate surface area is 103 Å². The van der Waals surface area contributed by atoms with Crippen molar-refractivity contribution in [1.82, 2.24) is 15.5 Å². The highest BCUT2D eigenvalue weighted by molar-refractivity contribution is 6.04. The molecule has 5 nitrogen and oxygen atoms in total. The van der Waals surface area contributed by atoms with E-state index < -0.39 is 5.41 Å². The van der Waals surface area contributed by atoms with Crippen molar-refractivity contribution in [3.63, 3.8) is 0 Å². The second-order valence-electron chi connectivity index (χ2n) is 5.43. The third-order valence-electron chi connectivity index (χ3n) is 2.89. The van der Waals surface area contributed by atoms with Gasteiger partial charge in [-0.3, -0.25) is 9.59 Å². The topological polar surface area (TPSA) is 61.4 Å². The highest BCUT2D eigenvalue weighted by atomic mass is 16.2. The van der Waals surface area contributed by atoms with Crippen molar-refractivity contribution < 1.29 is 9.59 Å². The summed E-state index contributed by atoms with van der Waals surface area (Å²) in [5.41, 5.74) is -0.991. The molecule has 1 saturated carbocycles. The smallest absolute Gasteiger partial charge is 0.235 e. The second kappa shape index (κ2) is 5.49. The molecule has 17 heavy (non-hydrogen) atoms.